The monoisotopic (exact) mass is 313 g/mol. The van der Waals surface area contributed by atoms with Crippen LogP contribution in [0.15, 0.2) is 54.9 Å². The number of rotatable bonds is 6. The molecule has 1 fully saturated rings. The molecule has 0 spiro atoms. The maximum Gasteiger partial charge on any atom is 0.0594 e. The Bertz CT molecular complexity index is 554. The van der Waals surface area contributed by atoms with Crippen LogP contribution in [0.25, 0.3) is 5.57 Å². The molecule has 1 aliphatic heterocycles. The Hall–Kier alpha value is -2.04. The van der Waals surface area contributed by atoms with Crippen LogP contribution in [0.5, 0.6) is 0 Å². The summed E-state index contributed by atoms with van der Waals surface area (Å²) in [5.74, 6) is 0. The van der Waals surface area contributed by atoms with Gasteiger partial charge in [-0.2, -0.15) is 0 Å². The molecule has 2 rings (SSSR count). The van der Waals surface area contributed by atoms with E-state index in [0.717, 1.165) is 37.6 Å². The molecule has 1 atom stereocenters. The average Bonchev–Trinajstić information content (AvgIpc) is 2.59. The molecule has 1 aliphatic rings. The predicted octanol–water partition coefficient (Wildman–Crippen LogP) is 3.01. The fraction of sp³-hybridized carbons (Fsp3) is 0.368. The first-order chi connectivity index (χ1) is 11.2. The Morgan fingerprint density at radius 2 is 1.91 bits per heavy atom. The number of nitrogens with two attached hydrogens (primary N) is 1. The Balaban J connectivity index is 1.76. The second-order valence-corrected chi connectivity index (χ2v) is 5.75. The second kappa shape index (κ2) is 9.18. The lowest BCUT2D eigenvalue weighted by atomic mass is 10.1. The van der Waals surface area contributed by atoms with Gasteiger partial charge in [0.1, 0.15) is 0 Å². The number of benzene rings is 1. The summed E-state index contributed by atoms with van der Waals surface area (Å²) in [5.41, 5.74) is 8.81. The number of nitrogens with zero attached hydrogens (tertiary/aromatic N) is 1. The standard InChI is InChI=1S/C19H27N3O/c1-16(18-6-8-19(20)9-7-18)15-21-10-4-3-5-17(2)22-11-13-23-14-12-22/h3-10,15,17,21H,11-14,20H2,1-2H3/b5-3-,10-4-,16-15+. The largest absolute Gasteiger partial charge is 0.399 e. The molecule has 1 aromatic rings. The van der Waals surface area contributed by atoms with Gasteiger partial charge in [-0.05, 0) is 43.2 Å². The van der Waals surface area contributed by atoms with Crippen LogP contribution in [0.3, 0.4) is 0 Å². The zero-order valence-electron chi connectivity index (χ0n) is 14.0. The summed E-state index contributed by atoms with van der Waals surface area (Å²) in [6.07, 6.45) is 10.2. The molecule has 4 heteroatoms. The molecule has 0 amide bonds. The lowest BCUT2D eigenvalue weighted by Gasteiger charge is -2.30. The van der Waals surface area contributed by atoms with E-state index in [2.05, 4.69) is 36.2 Å². The molecule has 1 aromatic carbocycles. The Morgan fingerprint density at radius 3 is 2.61 bits per heavy atom. The van der Waals surface area contributed by atoms with Gasteiger partial charge < -0.3 is 15.8 Å². The smallest absolute Gasteiger partial charge is 0.0594 e. The first kappa shape index (κ1) is 17.3. The maximum atomic E-state index is 5.70. The third kappa shape index (κ3) is 5.93. The number of allylic oxidation sites excluding steroid dienone is 3. The molecule has 1 heterocycles. The van der Waals surface area contributed by atoms with Crippen molar-refractivity contribution in [3.05, 3.63) is 60.5 Å². The Morgan fingerprint density at radius 1 is 1.22 bits per heavy atom. The van der Waals surface area contributed by atoms with E-state index in [1.54, 1.807) is 0 Å². The minimum absolute atomic E-state index is 0.440. The highest BCUT2D eigenvalue weighted by molar-refractivity contribution is 5.64. The van der Waals surface area contributed by atoms with Crippen molar-refractivity contribution in [2.24, 2.45) is 0 Å². The van der Waals surface area contributed by atoms with Crippen LogP contribution in [0.2, 0.25) is 0 Å². The highest BCUT2D eigenvalue weighted by Gasteiger charge is 2.13. The lowest BCUT2D eigenvalue weighted by molar-refractivity contribution is 0.0287. The average molecular weight is 313 g/mol. The summed E-state index contributed by atoms with van der Waals surface area (Å²) >= 11 is 0. The Kier molecular flexibility index (Phi) is 6.91. The van der Waals surface area contributed by atoms with E-state index >= 15 is 0 Å². The van der Waals surface area contributed by atoms with Crippen molar-refractivity contribution in [2.75, 3.05) is 32.0 Å². The summed E-state index contributed by atoms with van der Waals surface area (Å²) in [7, 11) is 0. The van der Waals surface area contributed by atoms with Gasteiger partial charge in [-0.3, -0.25) is 4.90 Å². The molecule has 4 nitrogen and oxygen atoms in total. The number of ether oxygens (including phenoxy) is 1. The fourth-order valence-electron chi connectivity index (χ4n) is 2.44. The third-order valence-corrected chi connectivity index (χ3v) is 3.98. The van der Waals surface area contributed by atoms with Crippen LogP contribution in [0.1, 0.15) is 19.4 Å². The highest BCUT2D eigenvalue weighted by atomic mass is 16.5. The molecule has 0 aromatic heterocycles. The molecule has 0 bridgehead atoms. The van der Waals surface area contributed by atoms with Crippen molar-refractivity contribution in [3.63, 3.8) is 0 Å². The minimum Gasteiger partial charge on any atom is -0.399 e. The molecular weight excluding hydrogens is 286 g/mol. The van der Waals surface area contributed by atoms with Gasteiger partial charge in [-0.1, -0.05) is 24.3 Å². The van der Waals surface area contributed by atoms with Gasteiger partial charge in [0.05, 0.1) is 13.2 Å². The van der Waals surface area contributed by atoms with Crippen LogP contribution in [0, 0.1) is 0 Å². The number of morpholine rings is 1. The van der Waals surface area contributed by atoms with Crippen molar-refractivity contribution < 1.29 is 4.74 Å². The molecule has 3 N–H and O–H groups in total. The van der Waals surface area contributed by atoms with Gasteiger partial charge in [0, 0.05) is 37.2 Å². The quantitative estimate of drug-likeness (QED) is 0.626. The SMILES string of the molecule is C/C(=C\N/C=C\C=C/C(C)N1CCOCC1)c1ccc(N)cc1. The molecular formula is C19H27N3O. The molecule has 124 valence electrons. The predicted molar refractivity (Wildman–Crippen MR) is 97.8 cm³/mol. The highest BCUT2D eigenvalue weighted by Crippen LogP contribution is 2.14. The van der Waals surface area contributed by atoms with Gasteiger partial charge in [-0.15, -0.1) is 0 Å². The van der Waals surface area contributed by atoms with E-state index < -0.39 is 0 Å². The van der Waals surface area contributed by atoms with E-state index in [0.29, 0.717) is 6.04 Å². The van der Waals surface area contributed by atoms with Crippen LogP contribution >= 0.6 is 0 Å². The van der Waals surface area contributed by atoms with Gasteiger partial charge in [-0.25, -0.2) is 0 Å². The topological polar surface area (TPSA) is 50.5 Å². The zero-order chi connectivity index (χ0) is 16.5. The number of anilines is 1. The van der Waals surface area contributed by atoms with Crippen LogP contribution in [-0.2, 0) is 4.74 Å². The summed E-state index contributed by atoms with van der Waals surface area (Å²) in [6, 6.07) is 8.32. The van der Waals surface area contributed by atoms with Crippen LogP contribution in [-0.4, -0.2) is 37.2 Å². The summed E-state index contributed by atoms with van der Waals surface area (Å²) in [6.45, 7) is 7.99. The van der Waals surface area contributed by atoms with E-state index in [4.69, 9.17) is 10.5 Å². The van der Waals surface area contributed by atoms with Crippen molar-refractivity contribution in [1.29, 1.82) is 0 Å². The second-order valence-electron chi connectivity index (χ2n) is 5.75. The van der Waals surface area contributed by atoms with Crippen molar-refractivity contribution >= 4 is 11.3 Å². The zero-order valence-corrected chi connectivity index (χ0v) is 14.0. The number of nitrogen functional groups attached to an aromatic ring is 1. The van der Waals surface area contributed by atoms with E-state index in [1.807, 2.05) is 42.7 Å². The molecule has 1 unspecified atom stereocenters. The van der Waals surface area contributed by atoms with Crippen molar-refractivity contribution in [3.8, 4) is 0 Å². The number of hydrogen-bond acceptors (Lipinski definition) is 4. The van der Waals surface area contributed by atoms with E-state index in [-0.39, 0.29) is 0 Å². The van der Waals surface area contributed by atoms with Gasteiger partial charge in [0.25, 0.3) is 0 Å². The molecule has 0 saturated carbocycles. The summed E-state index contributed by atoms with van der Waals surface area (Å²) in [4.78, 5) is 2.42. The summed E-state index contributed by atoms with van der Waals surface area (Å²) < 4.78 is 5.37. The van der Waals surface area contributed by atoms with E-state index in [9.17, 15) is 0 Å². The first-order valence-electron chi connectivity index (χ1n) is 8.10. The lowest BCUT2D eigenvalue weighted by Crippen LogP contribution is -2.41. The molecule has 0 radical (unpaired) electrons. The van der Waals surface area contributed by atoms with Gasteiger partial charge in [0.2, 0.25) is 0 Å². The fourth-order valence-corrected chi connectivity index (χ4v) is 2.44. The number of nitrogens with one attached hydrogen (secondary N) is 1. The normalized spacial score (nSPS) is 18.6. The third-order valence-electron chi connectivity index (χ3n) is 3.98. The van der Waals surface area contributed by atoms with Crippen LogP contribution < -0.4 is 11.1 Å². The van der Waals surface area contributed by atoms with Gasteiger partial charge in [0.15, 0.2) is 0 Å². The maximum absolute atomic E-state index is 5.70. The van der Waals surface area contributed by atoms with Crippen LogP contribution in [0.4, 0.5) is 5.69 Å². The number of hydrogen-bond donors (Lipinski definition) is 2. The first-order valence-corrected chi connectivity index (χ1v) is 8.10. The molecule has 23 heavy (non-hydrogen) atoms. The Labute approximate surface area is 139 Å². The summed E-state index contributed by atoms with van der Waals surface area (Å²) in [5, 5.41) is 3.19. The van der Waals surface area contributed by atoms with Gasteiger partial charge >= 0.3 is 0 Å². The van der Waals surface area contributed by atoms with E-state index in [1.165, 1.54) is 5.57 Å². The minimum atomic E-state index is 0.440. The van der Waals surface area contributed by atoms with Crippen molar-refractivity contribution in [2.45, 2.75) is 19.9 Å². The molecule has 0 aliphatic carbocycles. The van der Waals surface area contributed by atoms with Crippen molar-refractivity contribution in [1.82, 2.24) is 10.2 Å². The molecule has 1 saturated heterocycles.